The highest BCUT2D eigenvalue weighted by Gasteiger charge is 2.24. The Morgan fingerprint density at radius 1 is 1.12 bits per heavy atom. The Morgan fingerprint density at radius 3 is 2.60 bits per heavy atom. The molecule has 1 aliphatic heterocycles. The van der Waals surface area contributed by atoms with Crippen molar-refractivity contribution in [1.82, 2.24) is 24.6 Å². The Balaban J connectivity index is 1.48. The molecule has 0 radical (unpaired) electrons. The fourth-order valence-corrected chi connectivity index (χ4v) is 3.61. The van der Waals surface area contributed by atoms with Crippen LogP contribution in [0.25, 0.3) is 5.82 Å². The first kappa shape index (κ1) is 15.8. The standard InChI is InChI=1S/C17H18N6OS/c1-13-19-15(12-16(20-13)23-6-3-5-18-23)21-7-9-22(10-8-21)17(24)14-4-2-11-25-14/h2-6,11-12H,7-10H2,1H3. The Labute approximate surface area is 149 Å². The second-order valence-electron chi connectivity index (χ2n) is 5.84. The first-order chi connectivity index (χ1) is 12.2. The number of anilines is 1. The maximum absolute atomic E-state index is 12.4. The summed E-state index contributed by atoms with van der Waals surface area (Å²) < 4.78 is 1.73. The molecule has 0 atom stereocenters. The second kappa shape index (κ2) is 6.64. The minimum Gasteiger partial charge on any atom is -0.353 e. The van der Waals surface area contributed by atoms with E-state index in [1.54, 1.807) is 10.9 Å². The van der Waals surface area contributed by atoms with E-state index in [-0.39, 0.29) is 5.91 Å². The lowest BCUT2D eigenvalue weighted by Crippen LogP contribution is -2.49. The van der Waals surface area contributed by atoms with Crippen molar-refractivity contribution in [2.75, 3.05) is 31.1 Å². The van der Waals surface area contributed by atoms with Crippen molar-refractivity contribution in [3.8, 4) is 5.82 Å². The molecule has 1 amide bonds. The minimum atomic E-state index is 0.116. The minimum absolute atomic E-state index is 0.116. The van der Waals surface area contributed by atoms with Gasteiger partial charge in [0.05, 0.1) is 4.88 Å². The number of aryl methyl sites for hydroxylation is 1. The number of carbonyl (C=O) groups is 1. The number of amides is 1. The monoisotopic (exact) mass is 354 g/mol. The van der Waals surface area contributed by atoms with Crippen molar-refractivity contribution in [3.63, 3.8) is 0 Å². The summed E-state index contributed by atoms with van der Waals surface area (Å²) in [6.07, 6.45) is 3.59. The van der Waals surface area contributed by atoms with Gasteiger partial charge in [-0.25, -0.2) is 14.6 Å². The number of aromatic nitrogens is 4. The largest absolute Gasteiger partial charge is 0.353 e. The van der Waals surface area contributed by atoms with Gasteiger partial charge in [-0.2, -0.15) is 5.10 Å². The Bertz CT molecular complexity index is 853. The topological polar surface area (TPSA) is 67.2 Å². The molecular weight excluding hydrogens is 336 g/mol. The summed E-state index contributed by atoms with van der Waals surface area (Å²) in [6.45, 7) is 4.78. The van der Waals surface area contributed by atoms with Crippen molar-refractivity contribution >= 4 is 23.1 Å². The molecule has 3 aromatic heterocycles. The number of hydrogen-bond acceptors (Lipinski definition) is 6. The van der Waals surface area contributed by atoms with E-state index in [1.807, 2.05) is 47.7 Å². The molecule has 7 nitrogen and oxygen atoms in total. The number of hydrogen-bond donors (Lipinski definition) is 0. The summed E-state index contributed by atoms with van der Waals surface area (Å²) in [6, 6.07) is 7.60. The summed E-state index contributed by atoms with van der Waals surface area (Å²) in [5.74, 6) is 2.46. The van der Waals surface area contributed by atoms with Crippen LogP contribution in [0.1, 0.15) is 15.5 Å². The maximum atomic E-state index is 12.4. The van der Waals surface area contributed by atoms with Crippen molar-refractivity contribution in [3.05, 3.63) is 52.7 Å². The van der Waals surface area contributed by atoms with Gasteiger partial charge in [-0.15, -0.1) is 11.3 Å². The molecule has 4 heterocycles. The quantitative estimate of drug-likeness (QED) is 0.720. The number of piperazine rings is 1. The van der Waals surface area contributed by atoms with E-state index in [2.05, 4.69) is 20.0 Å². The van der Waals surface area contributed by atoms with Gasteiger partial charge in [0.2, 0.25) is 0 Å². The van der Waals surface area contributed by atoms with E-state index >= 15 is 0 Å². The van der Waals surface area contributed by atoms with Crippen LogP contribution in [0.3, 0.4) is 0 Å². The van der Waals surface area contributed by atoms with Crippen LogP contribution in [0.15, 0.2) is 42.0 Å². The van der Waals surface area contributed by atoms with Crippen LogP contribution in [0.5, 0.6) is 0 Å². The van der Waals surface area contributed by atoms with E-state index < -0.39 is 0 Å². The first-order valence-corrected chi connectivity index (χ1v) is 9.02. The maximum Gasteiger partial charge on any atom is 0.264 e. The van der Waals surface area contributed by atoms with E-state index in [1.165, 1.54) is 11.3 Å². The number of thiophene rings is 1. The van der Waals surface area contributed by atoms with Crippen LogP contribution in [0.4, 0.5) is 5.82 Å². The molecule has 0 saturated carbocycles. The van der Waals surface area contributed by atoms with E-state index in [0.29, 0.717) is 18.9 Å². The number of carbonyl (C=O) groups excluding carboxylic acids is 1. The van der Waals surface area contributed by atoms with Crippen LogP contribution in [0, 0.1) is 6.92 Å². The molecule has 0 spiro atoms. The predicted molar refractivity (Wildman–Crippen MR) is 96.3 cm³/mol. The van der Waals surface area contributed by atoms with Gasteiger partial charge in [-0.3, -0.25) is 4.79 Å². The van der Waals surface area contributed by atoms with Gasteiger partial charge in [-0.1, -0.05) is 6.07 Å². The van der Waals surface area contributed by atoms with Gasteiger partial charge in [0.1, 0.15) is 11.6 Å². The Hall–Kier alpha value is -2.74. The second-order valence-corrected chi connectivity index (χ2v) is 6.79. The van der Waals surface area contributed by atoms with Gasteiger partial charge in [0.25, 0.3) is 5.91 Å². The van der Waals surface area contributed by atoms with Crippen molar-refractivity contribution in [2.24, 2.45) is 0 Å². The molecule has 0 aromatic carbocycles. The van der Waals surface area contributed by atoms with Crippen LogP contribution < -0.4 is 4.90 Å². The molecule has 3 aromatic rings. The molecule has 0 unspecified atom stereocenters. The molecular formula is C17H18N6OS. The molecule has 0 bridgehead atoms. The van der Waals surface area contributed by atoms with Crippen LogP contribution in [-0.2, 0) is 0 Å². The highest BCUT2D eigenvalue weighted by atomic mass is 32.1. The third kappa shape index (κ3) is 3.25. The van der Waals surface area contributed by atoms with Crippen molar-refractivity contribution < 1.29 is 4.79 Å². The number of nitrogens with zero attached hydrogens (tertiary/aromatic N) is 6. The molecule has 0 N–H and O–H groups in total. The average Bonchev–Trinajstić information content (AvgIpc) is 3.34. The fraction of sp³-hybridized carbons (Fsp3) is 0.294. The van der Waals surface area contributed by atoms with Crippen LogP contribution >= 0.6 is 11.3 Å². The lowest BCUT2D eigenvalue weighted by atomic mass is 10.3. The predicted octanol–water partition coefficient (Wildman–Crippen LogP) is 1.99. The molecule has 0 aliphatic carbocycles. The Morgan fingerprint density at radius 2 is 1.92 bits per heavy atom. The van der Waals surface area contributed by atoms with Crippen LogP contribution in [0.2, 0.25) is 0 Å². The molecule has 8 heteroatoms. The van der Waals surface area contributed by atoms with E-state index in [9.17, 15) is 4.79 Å². The summed E-state index contributed by atoms with van der Waals surface area (Å²) >= 11 is 1.49. The zero-order valence-electron chi connectivity index (χ0n) is 13.9. The molecule has 128 valence electrons. The fourth-order valence-electron chi connectivity index (χ4n) is 2.91. The van der Waals surface area contributed by atoms with Crippen molar-refractivity contribution in [1.29, 1.82) is 0 Å². The van der Waals surface area contributed by atoms with Crippen molar-refractivity contribution in [2.45, 2.75) is 6.92 Å². The third-order valence-corrected chi connectivity index (χ3v) is 5.03. The SMILES string of the molecule is Cc1nc(N2CCN(C(=O)c3cccs3)CC2)cc(-n2cccn2)n1. The normalized spacial score (nSPS) is 14.8. The summed E-state index contributed by atoms with van der Waals surface area (Å²) in [4.78, 5) is 26.4. The highest BCUT2D eigenvalue weighted by molar-refractivity contribution is 7.12. The first-order valence-electron chi connectivity index (χ1n) is 8.14. The van der Waals surface area contributed by atoms with Crippen LogP contribution in [-0.4, -0.2) is 56.7 Å². The molecule has 1 aliphatic rings. The van der Waals surface area contributed by atoms with Gasteiger partial charge < -0.3 is 9.80 Å². The molecule has 4 rings (SSSR count). The highest BCUT2D eigenvalue weighted by Crippen LogP contribution is 2.19. The zero-order chi connectivity index (χ0) is 17.2. The summed E-state index contributed by atoms with van der Waals surface area (Å²) in [7, 11) is 0. The third-order valence-electron chi connectivity index (χ3n) is 4.17. The average molecular weight is 354 g/mol. The van der Waals surface area contributed by atoms with Gasteiger partial charge in [0.15, 0.2) is 5.82 Å². The smallest absolute Gasteiger partial charge is 0.264 e. The summed E-state index contributed by atoms with van der Waals surface area (Å²) in [5.41, 5.74) is 0. The van der Waals surface area contributed by atoms with Gasteiger partial charge in [0, 0.05) is 44.6 Å². The zero-order valence-corrected chi connectivity index (χ0v) is 14.7. The molecule has 1 saturated heterocycles. The lowest BCUT2D eigenvalue weighted by molar-refractivity contribution is 0.0751. The van der Waals surface area contributed by atoms with Gasteiger partial charge in [-0.05, 0) is 24.4 Å². The van der Waals surface area contributed by atoms with Gasteiger partial charge >= 0.3 is 0 Å². The van der Waals surface area contributed by atoms with E-state index in [0.717, 1.165) is 29.6 Å². The number of rotatable bonds is 3. The molecule has 25 heavy (non-hydrogen) atoms. The lowest BCUT2D eigenvalue weighted by Gasteiger charge is -2.35. The van der Waals surface area contributed by atoms with E-state index in [4.69, 9.17) is 0 Å². The molecule has 1 fully saturated rings. The Kier molecular flexibility index (Phi) is 4.19. The summed E-state index contributed by atoms with van der Waals surface area (Å²) in [5, 5.41) is 6.17.